The molecule has 0 aliphatic carbocycles. The van der Waals surface area contributed by atoms with Gasteiger partial charge in [-0.25, -0.2) is 4.39 Å². The number of alkyl halides is 4. The molecule has 1 amide bonds. The minimum Gasteiger partial charge on any atom is -0.340 e. The topological polar surface area (TPSA) is 42.3 Å². The van der Waals surface area contributed by atoms with Crippen LogP contribution in [0.15, 0.2) is 40.6 Å². The number of thiophene rings is 1. The van der Waals surface area contributed by atoms with Crippen LogP contribution in [0.4, 0.5) is 17.6 Å². The van der Waals surface area contributed by atoms with E-state index >= 15 is 0 Å². The van der Waals surface area contributed by atoms with Crippen LogP contribution in [0, 0.1) is 0 Å². The van der Waals surface area contributed by atoms with Gasteiger partial charge in [-0.05, 0) is 30.2 Å². The Morgan fingerprint density at radius 2 is 2.03 bits per heavy atom. The van der Waals surface area contributed by atoms with Gasteiger partial charge in [0.15, 0.2) is 0 Å². The Balaban J connectivity index is 1.65. The first kappa shape index (κ1) is 21.8. The van der Waals surface area contributed by atoms with Gasteiger partial charge in [0.25, 0.3) is 5.56 Å². The molecule has 1 saturated heterocycles. The van der Waals surface area contributed by atoms with E-state index in [-0.39, 0.29) is 31.0 Å². The van der Waals surface area contributed by atoms with Gasteiger partial charge in [-0.15, -0.1) is 11.3 Å². The third-order valence-corrected chi connectivity index (χ3v) is 6.61. The number of benzene rings is 1. The number of carbonyl (C=O) groups is 1. The average Bonchev–Trinajstić information content (AvgIpc) is 3.33. The number of aromatic nitrogens is 1. The number of hydrogen-bond donors (Lipinski definition) is 0. The molecule has 1 aliphatic rings. The van der Waals surface area contributed by atoms with Gasteiger partial charge in [-0.2, -0.15) is 13.2 Å². The molecule has 164 valence electrons. The molecule has 1 unspecified atom stereocenters. The van der Waals surface area contributed by atoms with Crippen LogP contribution in [0.25, 0.3) is 21.2 Å². The highest BCUT2D eigenvalue weighted by Crippen LogP contribution is 2.39. The van der Waals surface area contributed by atoms with E-state index in [1.54, 1.807) is 17.6 Å². The number of rotatable bonds is 4. The van der Waals surface area contributed by atoms with E-state index in [1.165, 1.54) is 26.9 Å². The van der Waals surface area contributed by atoms with Gasteiger partial charge < -0.3 is 9.47 Å². The summed E-state index contributed by atoms with van der Waals surface area (Å²) in [6.07, 6.45) is -3.72. The molecule has 4 nitrogen and oxygen atoms in total. The monoisotopic (exact) mass is 472 g/mol. The average molecular weight is 473 g/mol. The zero-order valence-corrected chi connectivity index (χ0v) is 17.7. The molecule has 3 heterocycles. The molecule has 1 aliphatic heterocycles. The van der Waals surface area contributed by atoms with E-state index in [2.05, 4.69) is 0 Å². The molecule has 3 aromatic rings. The second-order valence-electron chi connectivity index (χ2n) is 7.37. The lowest BCUT2D eigenvalue weighted by Crippen LogP contribution is -2.31. The molecular formula is C21H17ClF4N2O2S. The highest BCUT2D eigenvalue weighted by molar-refractivity contribution is 7.17. The van der Waals surface area contributed by atoms with Gasteiger partial charge >= 0.3 is 6.18 Å². The molecule has 0 N–H and O–H groups in total. The number of halogens is 5. The number of carbonyl (C=O) groups excluding carboxylic acids is 1. The fourth-order valence-corrected chi connectivity index (χ4v) is 4.88. The molecule has 0 bridgehead atoms. The molecule has 0 radical (unpaired) electrons. The number of hydrogen-bond acceptors (Lipinski definition) is 3. The van der Waals surface area contributed by atoms with Crippen molar-refractivity contribution in [2.24, 2.45) is 0 Å². The molecule has 4 rings (SSSR count). The van der Waals surface area contributed by atoms with Crippen molar-refractivity contribution < 1.29 is 22.4 Å². The highest BCUT2D eigenvalue weighted by atomic mass is 35.5. The first-order valence-electron chi connectivity index (χ1n) is 9.55. The summed E-state index contributed by atoms with van der Waals surface area (Å²) in [5.74, 6) is -0.231. The molecule has 2 aromatic heterocycles. The Kier molecular flexibility index (Phi) is 5.83. The Bertz CT molecular complexity index is 1200. The van der Waals surface area contributed by atoms with Crippen LogP contribution in [-0.4, -0.2) is 34.6 Å². The Morgan fingerprint density at radius 1 is 1.26 bits per heavy atom. The molecule has 1 atom stereocenters. The van der Waals surface area contributed by atoms with Gasteiger partial charge in [0, 0.05) is 41.4 Å². The zero-order chi connectivity index (χ0) is 22.3. The third kappa shape index (κ3) is 4.34. The van der Waals surface area contributed by atoms with E-state index in [9.17, 15) is 27.2 Å². The summed E-state index contributed by atoms with van der Waals surface area (Å²) in [5, 5.41) is 1.51. The van der Waals surface area contributed by atoms with Crippen molar-refractivity contribution in [3.63, 3.8) is 0 Å². The molecule has 0 saturated carbocycles. The van der Waals surface area contributed by atoms with Crippen LogP contribution < -0.4 is 5.56 Å². The number of nitrogens with zero attached hydrogens (tertiary/aromatic N) is 2. The van der Waals surface area contributed by atoms with Crippen LogP contribution >= 0.6 is 22.9 Å². The number of aryl methyl sites for hydroxylation is 1. The Hall–Kier alpha value is -2.39. The smallest absolute Gasteiger partial charge is 0.340 e. The maximum absolute atomic E-state index is 13.3. The Morgan fingerprint density at radius 3 is 2.71 bits per heavy atom. The SMILES string of the molecule is O=C(CCn1ccc2scc(-c3ccc(Cl)c(C(F)(F)F)c3)c2c1=O)N1CCC(F)C1. The maximum atomic E-state index is 13.3. The summed E-state index contributed by atoms with van der Waals surface area (Å²) in [6, 6.07) is 5.24. The van der Waals surface area contributed by atoms with Crippen molar-refractivity contribution in [2.75, 3.05) is 13.1 Å². The standard InChI is InChI=1S/C21H17ClF4N2O2S/c22-16-2-1-12(9-15(16)21(24,25)26)14-11-31-17-4-7-27(20(30)19(14)17)8-5-18(29)28-6-3-13(23)10-28/h1-2,4,7,9,11,13H,3,5-6,8,10H2. The van der Waals surface area contributed by atoms with Crippen LogP contribution in [0.3, 0.4) is 0 Å². The molecule has 31 heavy (non-hydrogen) atoms. The second kappa shape index (κ2) is 8.27. The quantitative estimate of drug-likeness (QED) is 0.479. The summed E-state index contributed by atoms with van der Waals surface area (Å²) in [6.45, 7) is 0.533. The normalized spacial score (nSPS) is 16.9. The highest BCUT2D eigenvalue weighted by Gasteiger charge is 2.33. The van der Waals surface area contributed by atoms with Crippen LogP contribution in [0.5, 0.6) is 0 Å². The lowest BCUT2D eigenvalue weighted by atomic mass is 10.0. The maximum Gasteiger partial charge on any atom is 0.417 e. The predicted octanol–water partition coefficient (Wildman–Crippen LogP) is 5.36. The second-order valence-corrected chi connectivity index (χ2v) is 8.69. The number of fused-ring (bicyclic) bond motifs is 1. The van der Waals surface area contributed by atoms with Crippen molar-refractivity contribution in [3.8, 4) is 11.1 Å². The first-order valence-corrected chi connectivity index (χ1v) is 10.8. The predicted molar refractivity (Wildman–Crippen MR) is 112 cm³/mol. The van der Waals surface area contributed by atoms with E-state index in [4.69, 9.17) is 11.6 Å². The summed E-state index contributed by atoms with van der Waals surface area (Å²) < 4.78 is 55.0. The molecule has 1 fully saturated rings. The minimum atomic E-state index is -4.62. The van der Waals surface area contributed by atoms with Gasteiger partial charge in [0.1, 0.15) is 6.17 Å². The molecule has 10 heteroatoms. The van der Waals surface area contributed by atoms with Gasteiger partial charge in [-0.3, -0.25) is 9.59 Å². The Labute approximate surface area is 183 Å². The van der Waals surface area contributed by atoms with E-state index < -0.39 is 28.5 Å². The molecule has 0 spiro atoms. The largest absolute Gasteiger partial charge is 0.417 e. The van der Waals surface area contributed by atoms with Crippen LogP contribution in [-0.2, 0) is 17.5 Å². The first-order chi connectivity index (χ1) is 14.6. The summed E-state index contributed by atoms with van der Waals surface area (Å²) in [5.41, 5.74) is -0.743. The molecule has 1 aromatic carbocycles. The van der Waals surface area contributed by atoms with E-state index in [1.807, 2.05) is 0 Å². The van der Waals surface area contributed by atoms with Crippen molar-refractivity contribution in [3.05, 3.63) is 56.8 Å². The van der Waals surface area contributed by atoms with Crippen LogP contribution in [0.2, 0.25) is 5.02 Å². The lowest BCUT2D eigenvalue weighted by Gasteiger charge is -2.15. The lowest BCUT2D eigenvalue weighted by molar-refractivity contribution is -0.137. The summed E-state index contributed by atoms with van der Waals surface area (Å²) >= 11 is 6.96. The number of pyridine rings is 1. The van der Waals surface area contributed by atoms with Crippen molar-refractivity contribution >= 4 is 38.9 Å². The molecular weight excluding hydrogens is 456 g/mol. The van der Waals surface area contributed by atoms with Gasteiger partial charge in [0.2, 0.25) is 5.91 Å². The minimum absolute atomic E-state index is 0.0385. The fraction of sp³-hybridized carbons (Fsp3) is 0.333. The summed E-state index contributed by atoms with van der Waals surface area (Å²) in [4.78, 5) is 26.8. The van der Waals surface area contributed by atoms with E-state index in [0.29, 0.717) is 28.6 Å². The van der Waals surface area contributed by atoms with Crippen molar-refractivity contribution in [1.29, 1.82) is 0 Å². The number of likely N-dealkylation sites (tertiary alicyclic amines) is 1. The van der Waals surface area contributed by atoms with Gasteiger partial charge in [-0.1, -0.05) is 17.7 Å². The number of amides is 1. The van der Waals surface area contributed by atoms with Crippen LogP contribution in [0.1, 0.15) is 18.4 Å². The van der Waals surface area contributed by atoms with Crippen molar-refractivity contribution in [1.82, 2.24) is 9.47 Å². The van der Waals surface area contributed by atoms with E-state index in [0.717, 1.165) is 12.1 Å². The van der Waals surface area contributed by atoms with Gasteiger partial charge in [0.05, 0.1) is 22.5 Å². The third-order valence-electron chi connectivity index (χ3n) is 5.33. The summed E-state index contributed by atoms with van der Waals surface area (Å²) in [7, 11) is 0. The fourth-order valence-electron chi connectivity index (χ4n) is 3.70. The van der Waals surface area contributed by atoms with Crippen molar-refractivity contribution in [2.45, 2.75) is 31.7 Å². The zero-order valence-electron chi connectivity index (χ0n) is 16.1.